The van der Waals surface area contributed by atoms with E-state index >= 15 is 0 Å². The second-order valence-corrected chi connectivity index (χ2v) is 6.84. The molecule has 1 unspecified atom stereocenters. The number of halogens is 1. The van der Waals surface area contributed by atoms with Gasteiger partial charge in [0.15, 0.2) is 5.82 Å². The van der Waals surface area contributed by atoms with E-state index in [2.05, 4.69) is 64.0 Å². The average molecular weight is 360 g/mol. The van der Waals surface area contributed by atoms with Crippen molar-refractivity contribution in [2.75, 3.05) is 0 Å². The molecule has 0 amide bonds. The summed E-state index contributed by atoms with van der Waals surface area (Å²) in [5, 5.41) is 4.24. The molecule has 1 aliphatic heterocycles. The number of nitrogens with zero attached hydrogens (tertiary/aromatic N) is 3. The second kappa shape index (κ2) is 5.80. The molecule has 0 spiro atoms. The molecule has 1 aliphatic rings. The van der Waals surface area contributed by atoms with Crippen molar-refractivity contribution in [3.05, 3.63) is 52.1 Å². The number of hydrogen-bond donors (Lipinski definition) is 0. The molecule has 1 aromatic heterocycles. The van der Waals surface area contributed by atoms with Crippen LogP contribution in [0.15, 0.2) is 44.3 Å². The summed E-state index contributed by atoms with van der Waals surface area (Å²) in [4.78, 5) is 8.88. The first-order valence-corrected chi connectivity index (χ1v) is 8.14. The molecule has 3 rings (SSSR count). The van der Waals surface area contributed by atoms with E-state index in [-0.39, 0.29) is 5.41 Å². The predicted molar refractivity (Wildman–Crippen MR) is 90.8 cm³/mol. The van der Waals surface area contributed by atoms with E-state index < -0.39 is 0 Å². The Bertz CT molecular complexity index is 731. The third-order valence-electron chi connectivity index (χ3n) is 4.36. The lowest BCUT2D eigenvalue weighted by Crippen LogP contribution is -2.31. The number of aliphatic imine (C=N–C) groups is 1. The third kappa shape index (κ3) is 2.54. The van der Waals surface area contributed by atoms with Gasteiger partial charge in [-0.15, -0.1) is 0 Å². The first-order chi connectivity index (χ1) is 10.5. The minimum Gasteiger partial charge on any atom is -0.332 e. The van der Waals surface area contributed by atoms with Gasteiger partial charge in [0.1, 0.15) is 5.70 Å². The molecular weight excluding hydrogens is 342 g/mol. The number of aromatic nitrogens is 2. The van der Waals surface area contributed by atoms with Crippen LogP contribution in [0.25, 0.3) is 5.70 Å². The van der Waals surface area contributed by atoms with E-state index in [9.17, 15) is 0 Å². The van der Waals surface area contributed by atoms with Gasteiger partial charge in [-0.2, -0.15) is 4.98 Å². The van der Waals surface area contributed by atoms with Gasteiger partial charge in [-0.3, -0.25) is 4.99 Å². The molecule has 2 heterocycles. The molecule has 22 heavy (non-hydrogen) atoms. The Morgan fingerprint density at radius 2 is 1.95 bits per heavy atom. The summed E-state index contributed by atoms with van der Waals surface area (Å²) >= 11 is 3.48. The van der Waals surface area contributed by atoms with Crippen molar-refractivity contribution in [1.82, 2.24) is 10.1 Å². The first-order valence-electron chi connectivity index (χ1n) is 7.35. The summed E-state index contributed by atoms with van der Waals surface area (Å²) in [5.74, 6) is 1.51. The van der Waals surface area contributed by atoms with Crippen molar-refractivity contribution in [1.29, 1.82) is 0 Å². The zero-order valence-electron chi connectivity index (χ0n) is 12.9. The zero-order valence-corrected chi connectivity index (χ0v) is 14.5. The van der Waals surface area contributed by atoms with E-state index in [1.165, 1.54) is 5.56 Å². The quantitative estimate of drug-likeness (QED) is 0.800. The van der Waals surface area contributed by atoms with Gasteiger partial charge in [0.05, 0.1) is 5.41 Å². The molecule has 1 atom stereocenters. The number of benzene rings is 1. The van der Waals surface area contributed by atoms with Crippen LogP contribution in [0, 0.1) is 5.92 Å². The topological polar surface area (TPSA) is 51.3 Å². The molecule has 0 saturated carbocycles. The summed E-state index contributed by atoms with van der Waals surface area (Å²) in [6.07, 6.45) is 4.65. The molecule has 0 bridgehead atoms. The number of rotatable bonds is 4. The average Bonchev–Trinajstić information content (AvgIpc) is 3.18. The molecule has 2 aromatic rings. The van der Waals surface area contributed by atoms with Crippen LogP contribution in [0.3, 0.4) is 0 Å². The van der Waals surface area contributed by atoms with Gasteiger partial charge in [0, 0.05) is 17.1 Å². The van der Waals surface area contributed by atoms with E-state index in [4.69, 9.17) is 4.52 Å². The van der Waals surface area contributed by atoms with Crippen molar-refractivity contribution in [2.24, 2.45) is 10.9 Å². The fraction of sp³-hybridized carbons (Fsp3) is 0.353. The molecule has 0 radical (unpaired) electrons. The maximum Gasteiger partial charge on any atom is 0.276 e. The van der Waals surface area contributed by atoms with Crippen LogP contribution in [0.1, 0.15) is 44.5 Å². The standard InChI is InChI=1S/C17H18BrN3O/c1-11(2)17(3,12-6-8-13(18)9-7-12)16-20-15(22-21-16)14-5-4-10-19-14/h5-11H,4H2,1-3H3. The Kier molecular flexibility index (Phi) is 4.00. The van der Waals surface area contributed by atoms with Gasteiger partial charge in [-0.25, -0.2) is 0 Å². The van der Waals surface area contributed by atoms with Crippen LogP contribution >= 0.6 is 15.9 Å². The Morgan fingerprint density at radius 1 is 1.23 bits per heavy atom. The Morgan fingerprint density at radius 3 is 2.55 bits per heavy atom. The Labute approximate surface area is 138 Å². The molecule has 0 aliphatic carbocycles. The Hall–Kier alpha value is -1.75. The summed E-state index contributed by atoms with van der Waals surface area (Å²) in [6, 6.07) is 8.29. The lowest BCUT2D eigenvalue weighted by molar-refractivity contribution is 0.345. The van der Waals surface area contributed by atoms with Crippen LogP contribution in [-0.2, 0) is 5.41 Å². The maximum atomic E-state index is 5.44. The third-order valence-corrected chi connectivity index (χ3v) is 4.88. The minimum atomic E-state index is -0.314. The highest BCUT2D eigenvalue weighted by molar-refractivity contribution is 9.10. The molecule has 1 aromatic carbocycles. The summed E-state index contributed by atoms with van der Waals surface area (Å²) in [6.45, 7) is 6.50. The minimum absolute atomic E-state index is 0.314. The normalized spacial score (nSPS) is 16.9. The fourth-order valence-electron chi connectivity index (χ4n) is 2.57. The SMILES string of the molecule is CC(C)C(C)(c1ccc(Br)cc1)c1noc(C2=CCC=N2)n1. The highest BCUT2D eigenvalue weighted by Gasteiger charge is 2.37. The van der Waals surface area contributed by atoms with Gasteiger partial charge in [0.2, 0.25) is 0 Å². The van der Waals surface area contributed by atoms with E-state index in [0.29, 0.717) is 17.6 Å². The molecule has 0 fully saturated rings. The lowest BCUT2D eigenvalue weighted by Gasteiger charge is -2.31. The largest absolute Gasteiger partial charge is 0.332 e. The summed E-state index contributed by atoms with van der Waals surface area (Å²) < 4.78 is 6.49. The van der Waals surface area contributed by atoms with Crippen molar-refractivity contribution in [3.8, 4) is 0 Å². The van der Waals surface area contributed by atoms with Crippen LogP contribution in [0.5, 0.6) is 0 Å². The fourth-order valence-corrected chi connectivity index (χ4v) is 2.83. The maximum absolute atomic E-state index is 5.44. The highest BCUT2D eigenvalue weighted by atomic mass is 79.9. The zero-order chi connectivity index (χ0) is 15.7. The van der Waals surface area contributed by atoms with E-state index in [1.54, 1.807) is 0 Å². The van der Waals surface area contributed by atoms with E-state index in [0.717, 1.165) is 16.6 Å². The summed E-state index contributed by atoms with van der Waals surface area (Å²) in [5.41, 5.74) is 1.62. The monoisotopic (exact) mass is 359 g/mol. The van der Waals surface area contributed by atoms with Crippen molar-refractivity contribution in [3.63, 3.8) is 0 Å². The number of allylic oxidation sites excluding steroid dienone is 1. The van der Waals surface area contributed by atoms with Crippen LogP contribution in [0.2, 0.25) is 0 Å². The van der Waals surface area contributed by atoms with Gasteiger partial charge in [0.25, 0.3) is 5.89 Å². The van der Waals surface area contributed by atoms with Gasteiger partial charge in [-0.1, -0.05) is 47.1 Å². The van der Waals surface area contributed by atoms with Crippen molar-refractivity contribution in [2.45, 2.75) is 32.6 Å². The summed E-state index contributed by atoms with van der Waals surface area (Å²) in [7, 11) is 0. The predicted octanol–water partition coefficient (Wildman–Crippen LogP) is 4.61. The lowest BCUT2D eigenvalue weighted by atomic mass is 9.73. The van der Waals surface area contributed by atoms with Crippen molar-refractivity contribution >= 4 is 27.8 Å². The Balaban J connectivity index is 2.04. The van der Waals surface area contributed by atoms with Gasteiger partial charge < -0.3 is 4.52 Å². The van der Waals surface area contributed by atoms with Crippen LogP contribution in [-0.4, -0.2) is 16.4 Å². The smallest absolute Gasteiger partial charge is 0.276 e. The highest BCUT2D eigenvalue weighted by Crippen LogP contribution is 2.38. The molecule has 4 nitrogen and oxygen atoms in total. The molecular formula is C17H18BrN3O. The van der Waals surface area contributed by atoms with Gasteiger partial charge >= 0.3 is 0 Å². The van der Waals surface area contributed by atoms with Crippen LogP contribution < -0.4 is 0 Å². The first kappa shape index (κ1) is 15.2. The molecule has 114 valence electrons. The van der Waals surface area contributed by atoms with Crippen molar-refractivity contribution < 1.29 is 4.52 Å². The number of hydrogen-bond acceptors (Lipinski definition) is 4. The molecule has 5 heteroatoms. The molecule has 0 saturated heterocycles. The van der Waals surface area contributed by atoms with E-state index in [1.807, 2.05) is 24.4 Å². The van der Waals surface area contributed by atoms with Gasteiger partial charge in [-0.05, 0) is 36.6 Å². The molecule has 0 N–H and O–H groups in total. The van der Waals surface area contributed by atoms with Crippen LogP contribution in [0.4, 0.5) is 0 Å². The second-order valence-electron chi connectivity index (χ2n) is 5.92.